The van der Waals surface area contributed by atoms with Crippen LogP contribution in [0.25, 0.3) is 22.5 Å². The highest BCUT2D eigenvalue weighted by atomic mass is 33.1. The van der Waals surface area contributed by atoms with Gasteiger partial charge in [0.1, 0.15) is 10.1 Å². The molecule has 0 saturated carbocycles. The largest absolute Gasteiger partial charge is 0.241 e. The highest BCUT2D eigenvalue weighted by Gasteiger charge is 2.08. The molecule has 0 bridgehead atoms. The Morgan fingerprint density at radius 1 is 0.467 bits per heavy atom. The number of hydrogen-bond acceptors (Lipinski definition) is 4. The zero-order valence-electron chi connectivity index (χ0n) is 17.6. The van der Waals surface area contributed by atoms with Crippen LogP contribution in [0.2, 0.25) is 0 Å². The minimum atomic E-state index is 0.996. The van der Waals surface area contributed by atoms with Gasteiger partial charge >= 0.3 is 0 Å². The van der Waals surface area contributed by atoms with E-state index in [0.717, 1.165) is 32.6 Å². The number of aromatic nitrogens is 2. The van der Waals surface area contributed by atoms with Gasteiger partial charge in [0.2, 0.25) is 0 Å². The molecule has 2 heterocycles. The summed E-state index contributed by atoms with van der Waals surface area (Å²) in [6.07, 6.45) is 0. The monoisotopic (exact) mass is 428 g/mol. The lowest BCUT2D eigenvalue weighted by molar-refractivity contribution is 1.12. The van der Waals surface area contributed by atoms with Gasteiger partial charge in [-0.15, -0.1) is 0 Å². The van der Waals surface area contributed by atoms with Crippen LogP contribution in [0.3, 0.4) is 0 Å². The van der Waals surface area contributed by atoms with Gasteiger partial charge in [0.25, 0.3) is 0 Å². The average molecular weight is 429 g/mol. The molecule has 150 valence electrons. The Balaban J connectivity index is 1.56. The standard InChI is InChI=1S/C26H24N2S2/c1-17-5-9-21(10-6-17)23-13-19(3)15-25(27-23)29-30-26-16-20(4)14-24(28-26)22-11-7-18(2)8-12-22/h5-16H,1-4H3. The van der Waals surface area contributed by atoms with Crippen LogP contribution in [0, 0.1) is 27.7 Å². The molecule has 4 heteroatoms. The van der Waals surface area contributed by atoms with Crippen molar-refractivity contribution in [1.82, 2.24) is 9.97 Å². The van der Waals surface area contributed by atoms with Crippen molar-refractivity contribution in [3.05, 3.63) is 95.1 Å². The highest BCUT2D eigenvalue weighted by molar-refractivity contribution is 8.76. The van der Waals surface area contributed by atoms with Crippen LogP contribution in [0.1, 0.15) is 22.3 Å². The number of benzene rings is 2. The summed E-state index contributed by atoms with van der Waals surface area (Å²) in [6.45, 7) is 8.44. The van der Waals surface area contributed by atoms with Crippen molar-refractivity contribution < 1.29 is 0 Å². The van der Waals surface area contributed by atoms with Gasteiger partial charge in [-0.25, -0.2) is 9.97 Å². The quantitative estimate of drug-likeness (QED) is 0.302. The Morgan fingerprint density at radius 3 is 1.20 bits per heavy atom. The number of aryl methyl sites for hydroxylation is 4. The van der Waals surface area contributed by atoms with Crippen molar-refractivity contribution in [2.24, 2.45) is 0 Å². The second kappa shape index (κ2) is 9.07. The zero-order valence-corrected chi connectivity index (χ0v) is 19.3. The third kappa shape index (κ3) is 5.13. The Morgan fingerprint density at radius 2 is 0.833 bits per heavy atom. The van der Waals surface area contributed by atoms with Gasteiger partial charge in [0.05, 0.1) is 11.4 Å². The molecule has 2 nitrogen and oxygen atoms in total. The van der Waals surface area contributed by atoms with Crippen LogP contribution in [0.15, 0.2) is 82.8 Å². The molecule has 0 radical (unpaired) electrons. The van der Waals surface area contributed by atoms with Crippen molar-refractivity contribution in [1.29, 1.82) is 0 Å². The summed E-state index contributed by atoms with van der Waals surface area (Å²) in [4.78, 5) is 9.75. The first-order chi connectivity index (χ1) is 14.5. The number of nitrogens with zero attached hydrogens (tertiary/aromatic N) is 2. The summed E-state index contributed by atoms with van der Waals surface area (Å²) < 4.78 is 0. The maximum absolute atomic E-state index is 4.88. The maximum atomic E-state index is 4.88. The highest BCUT2D eigenvalue weighted by Crippen LogP contribution is 2.38. The van der Waals surface area contributed by atoms with Gasteiger partial charge < -0.3 is 0 Å². The third-order valence-corrected chi connectivity index (χ3v) is 6.92. The molecule has 0 saturated heterocycles. The fraction of sp³-hybridized carbons (Fsp3) is 0.154. The lowest BCUT2D eigenvalue weighted by atomic mass is 10.1. The molecule has 0 aliphatic carbocycles. The summed E-state index contributed by atoms with van der Waals surface area (Å²) >= 11 is 0. The molecule has 0 unspecified atom stereocenters. The molecule has 0 aliphatic rings. The topological polar surface area (TPSA) is 25.8 Å². The summed E-state index contributed by atoms with van der Waals surface area (Å²) in [5.41, 5.74) is 9.24. The van der Waals surface area contributed by atoms with Crippen LogP contribution in [0.4, 0.5) is 0 Å². The Kier molecular flexibility index (Phi) is 6.26. The molecule has 4 aromatic rings. The van der Waals surface area contributed by atoms with E-state index in [9.17, 15) is 0 Å². The SMILES string of the molecule is Cc1ccc(-c2cc(C)cc(SSc3cc(C)cc(-c4ccc(C)cc4)n3)n2)cc1. The first kappa shape index (κ1) is 20.7. The molecular weight excluding hydrogens is 404 g/mol. The van der Waals surface area contributed by atoms with Gasteiger partial charge in [-0.05, 0) is 84.7 Å². The minimum absolute atomic E-state index is 0.996. The molecule has 30 heavy (non-hydrogen) atoms. The number of rotatable bonds is 5. The molecule has 0 aliphatic heterocycles. The molecule has 0 atom stereocenters. The van der Waals surface area contributed by atoms with Crippen molar-refractivity contribution in [2.45, 2.75) is 37.7 Å². The van der Waals surface area contributed by atoms with Crippen LogP contribution < -0.4 is 0 Å². The second-order valence-corrected chi connectivity index (χ2v) is 9.80. The van der Waals surface area contributed by atoms with E-state index in [2.05, 4.69) is 100 Å². The van der Waals surface area contributed by atoms with E-state index in [1.807, 2.05) is 0 Å². The van der Waals surface area contributed by atoms with E-state index < -0.39 is 0 Å². The van der Waals surface area contributed by atoms with E-state index in [1.165, 1.54) is 22.3 Å². The Hall–Kier alpha value is -2.56. The van der Waals surface area contributed by atoms with Crippen LogP contribution >= 0.6 is 21.6 Å². The van der Waals surface area contributed by atoms with Crippen molar-refractivity contribution in [2.75, 3.05) is 0 Å². The first-order valence-corrected chi connectivity index (χ1v) is 12.1. The van der Waals surface area contributed by atoms with Crippen molar-refractivity contribution >= 4 is 21.6 Å². The lowest BCUT2D eigenvalue weighted by Gasteiger charge is -2.09. The van der Waals surface area contributed by atoms with E-state index >= 15 is 0 Å². The van der Waals surface area contributed by atoms with Crippen molar-refractivity contribution in [3.63, 3.8) is 0 Å². The molecule has 0 spiro atoms. The minimum Gasteiger partial charge on any atom is -0.241 e. The number of pyridine rings is 2. The third-order valence-electron chi connectivity index (χ3n) is 4.80. The molecule has 2 aromatic heterocycles. The Labute approximate surface area is 186 Å². The smallest absolute Gasteiger partial charge is 0.108 e. The molecule has 2 aromatic carbocycles. The fourth-order valence-electron chi connectivity index (χ4n) is 3.19. The van der Waals surface area contributed by atoms with Crippen LogP contribution in [-0.2, 0) is 0 Å². The van der Waals surface area contributed by atoms with E-state index in [-0.39, 0.29) is 0 Å². The zero-order chi connectivity index (χ0) is 21.1. The second-order valence-electron chi connectivity index (χ2n) is 7.63. The molecular formula is C26H24N2S2. The first-order valence-electron chi connectivity index (χ1n) is 9.92. The summed E-state index contributed by atoms with van der Waals surface area (Å²) in [7, 11) is 3.32. The molecule has 0 amide bonds. The molecule has 4 rings (SSSR count). The summed E-state index contributed by atoms with van der Waals surface area (Å²) in [5.74, 6) is 0. The molecule has 0 fully saturated rings. The van der Waals surface area contributed by atoms with Gasteiger partial charge in [-0.2, -0.15) is 0 Å². The van der Waals surface area contributed by atoms with Crippen molar-refractivity contribution in [3.8, 4) is 22.5 Å². The summed E-state index contributed by atoms with van der Waals surface area (Å²) in [5, 5.41) is 1.99. The lowest BCUT2D eigenvalue weighted by Crippen LogP contribution is -1.90. The van der Waals surface area contributed by atoms with E-state index in [1.54, 1.807) is 21.6 Å². The normalized spacial score (nSPS) is 10.9. The summed E-state index contributed by atoms with van der Waals surface area (Å²) in [6, 6.07) is 25.6. The molecule has 0 N–H and O–H groups in total. The van der Waals surface area contributed by atoms with Gasteiger partial charge in [-0.1, -0.05) is 59.7 Å². The van der Waals surface area contributed by atoms with Gasteiger partial charge in [0.15, 0.2) is 0 Å². The van der Waals surface area contributed by atoms with Crippen LogP contribution in [-0.4, -0.2) is 9.97 Å². The van der Waals surface area contributed by atoms with Gasteiger partial charge in [-0.3, -0.25) is 0 Å². The van der Waals surface area contributed by atoms with E-state index in [4.69, 9.17) is 9.97 Å². The average Bonchev–Trinajstić information content (AvgIpc) is 2.72. The predicted octanol–water partition coefficient (Wildman–Crippen LogP) is 7.84. The van der Waals surface area contributed by atoms with Crippen LogP contribution in [0.5, 0.6) is 0 Å². The van der Waals surface area contributed by atoms with E-state index in [0.29, 0.717) is 0 Å². The maximum Gasteiger partial charge on any atom is 0.108 e. The fourth-order valence-corrected chi connectivity index (χ4v) is 5.12. The predicted molar refractivity (Wildman–Crippen MR) is 130 cm³/mol. The Bertz CT molecular complexity index is 1070. The van der Waals surface area contributed by atoms with Gasteiger partial charge in [0, 0.05) is 11.1 Å². The number of hydrogen-bond donors (Lipinski definition) is 0.